The second-order valence-electron chi connectivity index (χ2n) is 3.53. The Morgan fingerprint density at radius 1 is 1.39 bits per heavy atom. The minimum Gasteiger partial charge on any atom is -0.445 e. The van der Waals surface area contributed by atoms with Crippen LogP contribution in [0.25, 0.3) is 0 Å². The van der Waals surface area contributed by atoms with Crippen molar-refractivity contribution in [3.63, 3.8) is 0 Å². The largest absolute Gasteiger partial charge is 0.445 e. The molecule has 0 bridgehead atoms. The predicted octanol–water partition coefficient (Wildman–Crippen LogP) is 1.62. The van der Waals surface area contributed by atoms with Crippen molar-refractivity contribution >= 4 is 26.0 Å². The van der Waals surface area contributed by atoms with Crippen LogP contribution in [0, 0.1) is 6.92 Å². The van der Waals surface area contributed by atoms with E-state index < -0.39 is 10.0 Å². The lowest BCUT2D eigenvalue weighted by Crippen LogP contribution is -2.23. The van der Waals surface area contributed by atoms with Crippen molar-refractivity contribution in [3.05, 3.63) is 40.8 Å². The molecule has 96 valence electrons. The van der Waals surface area contributed by atoms with Crippen LogP contribution in [0.4, 0.5) is 0 Å². The highest BCUT2D eigenvalue weighted by Gasteiger charge is 2.15. The predicted molar refractivity (Wildman–Crippen MR) is 67.2 cm³/mol. The van der Waals surface area contributed by atoms with E-state index in [1.54, 1.807) is 6.92 Å². The molecule has 0 aliphatic rings. The molecule has 2 rings (SSSR count). The van der Waals surface area contributed by atoms with E-state index >= 15 is 0 Å². The van der Waals surface area contributed by atoms with E-state index in [-0.39, 0.29) is 11.4 Å². The molecule has 0 radical (unpaired) electrons. The second kappa shape index (κ2) is 5.17. The first-order valence-corrected chi connectivity index (χ1v) is 7.26. The summed E-state index contributed by atoms with van der Waals surface area (Å²) in [7, 11) is -3.61. The summed E-state index contributed by atoms with van der Waals surface area (Å²) in [6.07, 6.45) is 4.31. The molecular formula is C10H10BrN3O3S. The van der Waals surface area contributed by atoms with Gasteiger partial charge in [-0.15, -0.1) is 0 Å². The molecule has 0 aliphatic carbocycles. The van der Waals surface area contributed by atoms with Crippen LogP contribution in [0.5, 0.6) is 0 Å². The summed E-state index contributed by atoms with van der Waals surface area (Å²) < 4.78 is 32.0. The molecular weight excluding hydrogens is 322 g/mol. The molecule has 0 aromatic carbocycles. The molecule has 2 heterocycles. The molecule has 0 aliphatic heterocycles. The lowest BCUT2D eigenvalue weighted by atomic mass is 10.5. The third-order valence-electron chi connectivity index (χ3n) is 2.07. The summed E-state index contributed by atoms with van der Waals surface area (Å²) in [5.74, 6) is 0.951. The number of sulfonamides is 1. The topological polar surface area (TPSA) is 85.1 Å². The molecule has 0 unspecified atom stereocenters. The van der Waals surface area contributed by atoms with Gasteiger partial charge in [-0.3, -0.25) is 4.98 Å². The fourth-order valence-corrected chi connectivity index (χ4v) is 2.74. The van der Waals surface area contributed by atoms with Gasteiger partial charge in [-0.05, 0) is 28.9 Å². The maximum Gasteiger partial charge on any atom is 0.242 e. The Morgan fingerprint density at radius 2 is 2.17 bits per heavy atom. The highest BCUT2D eigenvalue weighted by Crippen LogP contribution is 2.14. The number of rotatable bonds is 4. The second-order valence-corrected chi connectivity index (χ2v) is 6.21. The zero-order valence-electron chi connectivity index (χ0n) is 9.42. The van der Waals surface area contributed by atoms with Gasteiger partial charge >= 0.3 is 0 Å². The molecule has 1 N–H and O–H groups in total. The van der Waals surface area contributed by atoms with Gasteiger partial charge in [-0.1, -0.05) is 0 Å². The van der Waals surface area contributed by atoms with E-state index in [0.29, 0.717) is 16.1 Å². The Morgan fingerprint density at radius 3 is 2.78 bits per heavy atom. The lowest BCUT2D eigenvalue weighted by Gasteiger charge is -2.04. The number of hydrogen-bond acceptors (Lipinski definition) is 5. The van der Waals surface area contributed by atoms with E-state index in [1.165, 1.54) is 24.7 Å². The first-order chi connectivity index (χ1) is 8.47. The lowest BCUT2D eigenvalue weighted by molar-refractivity contribution is 0.463. The normalized spacial score (nSPS) is 11.7. The van der Waals surface area contributed by atoms with Crippen LogP contribution in [0.2, 0.25) is 0 Å². The zero-order valence-corrected chi connectivity index (χ0v) is 11.8. The van der Waals surface area contributed by atoms with E-state index in [2.05, 4.69) is 30.6 Å². The summed E-state index contributed by atoms with van der Waals surface area (Å²) in [6.45, 7) is 1.74. The minimum absolute atomic E-state index is 0.00267. The van der Waals surface area contributed by atoms with E-state index in [9.17, 15) is 8.42 Å². The quantitative estimate of drug-likeness (QED) is 0.920. The molecule has 2 aromatic heterocycles. The smallest absolute Gasteiger partial charge is 0.242 e. The number of aromatic nitrogens is 2. The zero-order chi connectivity index (χ0) is 13.2. The van der Waals surface area contributed by atoms with E-state index in [4.69, 9.17) is 4.42 Å². The van der Waals surface area contributed by atoms with Crippen molar-refractivity contribution < 1.29 is 12.8 Å². The number of hydrogen-bond donors (Lipinski definition) is 1. The summed E-state index contributed by atoms with van der Waals surface area (Å²) in [5.41, 5.74) is 0. The first kappa shape index (κ1) is 13.2. The number of oxazole rings is 1. The van der Waals surface area contributed by atoms with Crippen LogP contribution >= 0.6 is 15.9 Å². The maximum atomic E-state index is 11.9. The van der Waals surface area contributed by atoms with Crippen LogP contribution < -0.4 is 4.72 Å². The summed E-state index contributed by atoms with van der Waals surface area (Å²) in [4.78, 5) is 7.80. The highest BCUT2D eigenvalue weighted by atomic mass is 79.9. The van der Waals surface area contributed by atoms with Gasteiger partial charge in [-0.2, -0.15) is 0 Å². The SMILES string of the molecule is Cc1cnc(CNS(=O)(=O)c2cncc(Br)c2)o1. The van der Waals surface area contributed by atoms with Gasteiger partial charge in [0, 0.05) is 16.9 Å². The molecule has 0 saturated heterocycles. The molecule has 18 heavy (non-hydrogen) atoms. The molecule has 8 heteroatoms. The fourth-order valence-electron chi connectivity index (χ4n) is 1.26. The Balaban J connectivity index is 2.13. The molecule has 0 fully saturated rings. The molecule has 0 saturated carbocycles. The Kier molecular flexibility index (Phi) is 3.79. The van der Waals surface area contributed by atoms with Crippen molar-refractivity contribution in [1.82, 2.24) is 14.7 Å². The van der Waals surface area contributed by atoms with Crippen LogP contribution in [0.15, 0.2) is 38.4 Å². The Labute approximate surface area is 113 Å². The third kappa shape index (κ3) is 3.15. The molecule has 0 amide bonds. The van der Waals surface area contributed by atoms with Crippen molar-refractivity contribution in [1.29, 1.82) is 0 Å². The standard InChI is InChI=1S/C10H10BrN3O3S/c1-7-3-13-10(17-7)6-14-18(15,16)9-2-8(11)4-12-5-9/h2-5,14H,6H2,1H3. The van der Waals surface area contributed by atoms with Crippen LogP contribution in [-0.2, 0) is 16.6 Å². The van der Waals surface area contributed by atoms with Gasteiger partial charge < -0.3 is 4.42 Å². The van der Waals surface area contributed by atoms with Crippen LogP contribution in [-0.4, -0.2) is 18.4 Å². The number of aryl methyl sites for hydroxylation is 1. The van der Waals surface area contributed by atoms with Crippen molar-refractivity contribution in [2.75, 3.05) is 0 Å². The average molecular weight is 332 g/mol. The summed E-state index contributed by atoms with van der Waals surface area (Å²) >= 11 is 3.17. The monoisotopic (exact) mass is 331 g/mol. The van der Waals surface area contributed by atoms with Crippen LogP contribution in [0.3, 0.4) is 0 Å². The van der Waals surface area contributed by atoms with Gasteiger partial charge in [-0.25, -0.2) is 18.1 Å². The number of nitrogens with zero attached hydrogens (tertiary/aromatic N) is 2. The summed E-state index contributed by atoms with van der Waals surface area (Å²) in [6, 6.07) is 1.47. The van der Waals surface area contributed by atoms with Crippen LogP contribution in [0.1, 0.15) is 11.7 Å². The third-order valence-corrected chi connectivity index (χ3v) is 3.87. The van der Waals surface area contributed by atoms with E-state index in [0.717, 1.165) is 0 Å². The van der Waals surface area contributed by atoms with Crippen molar-refractivity contribution in [2.45, 2.75) is 18.4 Å². The van der Waals surface area contributed by atoms with Crippen molar-refractivity contribution in [2.24, 2.45) is 0 Å². The average Bonchev–Trinajstić information content (AvgIpc) is 2.73. The van der Waals surface area contributed by atoms with Gasteiger partial charge in [0.25, 0.3) is 0 Å². The Bertz CT molecular complexity index is 654. The van der Waals surface area contributed by atoms with Gasteiger partial charge in [0.05, 0.1) is 12.7 Å². The van der Waals surface area contributed by atoms with E-state index in [1.807, 2.05) is 0 Å². The number of nitrogens with one attached hydrogen (secondary N) is 1. The van der Waals surface area contributed by atoms with Crippen molar-refractivity contribution in [3.8, 4) is 0 Å². The first-order valence-electron chi connectivity index (χ1n) is 4.99. The fraction of sp³-hybridized carbons (Fsp3) is 0.200. The minimum atomic E-state index is -3.61. The summed E-state index contributed by atoms with van der Waals surface area (Å²) in [5, 5.41) is 0. The molecule has 6 nitrogen and oxygen atoms in total. The maximum absolute atomic E-state index is 11.9. The van der Waals surface area contributed by atoms with Gasteiger partial charge in [0.15, 0.2) is 0 Å². The van der Waals surface area contributed by atoms with Gasteiger partial charge in [0.2, 0.25) is 15.9 Å². The van der Waals surface area contributed by atoms with Gasteiger partial charge in [0.1, 0.15) is 10.7 Å². The number of pyridine rings is 1. The Hall–Kier alpha value is -1.25. The molecule has 0 spiro atoms. The highest BCUT2D eigenvalue weighted by molar-refractivity contribution is 9.10. The number of halogens is 1. The molecule has 2 aromatic rings. The molecule has 0 atom stereocenters.